The van der Waals surface area contributed by atoms with Crippen LogP contribution in [-0.4, -0.2) is 30.5 Å². The van der Waals surface area contributed by atoms with Crippen molar-refractivity contribution in [2.75, 3.05) is 13.2 Å². The number of hydrogen-bond donors (Lipinski definition) is 2. The predicted molar refractivity (Wildman–Crippen MR) is 103 cm³/mol. The summed E-state index contributed by atoms with van der Waals surface area (Å²) in [5.74, 6) is 0.714. The van der Waals surface area contributed by atoms with Crippen LogP contribution in [0.4, 0.5) is 4.79 Å². The Labute approximate surface area is 159 Å². The molecule has 2 fully saturated rings. The second-order valence-corrected chi connectivity index (χ2v) is 8.39. The van der Waals surface area contributed by atoms with Gasteiger partial charge in [0, 0.05) is 17.4 Å². The molecule has 0 heterocycles. The molecule has 0 radical (unpaired) electrons. The molecular weight excluding hydrogens is 338 g/mol. The second kappa shape index (κ2) is 6.38. The summed E-state index contributed by atoms with van der Waals surface area (Å²) in [5.41, 5.74) is 4.77. The smallest absolute Gasteiger partial charge is 0.407 e. The average molecular weight is 363 g/mol. The van der Waals surface area contributed by atoms with E-state index in [0.717, 1.165) is 19.3 Å². The van der Waals surface area contributed by atoms with Crippen molar-refractivity contribution in [2.45, 2.75) is 37.6 Å². The summed E-state index contributed by atoms with van der Waals surface area (Å²) in [6.45, 7) is 0.486. The minimum Gasteiger partial charge on any atom is -0.449 e. The monoisotopic (exact) mass is 363 g/mol. The number of amides is 1. The molecule has 3 aliphatic rings. The first-order valence-corrected chi connectivity index (χ1v) is 9.92. The number of aliphatic hydroxyl groups excluding tert-OH is 1. The normalized spacial score (nSPS) is 28.0. The van der Waals surface area contributed by atoms with E-state index in [9.17, 15) is 9.90 Å². The number of ether oxygens (including phenoxy) is 1. The van der Waals surface area contributed by atoms with E-state index in [1.807, 2.05) is 12.1 Å². The van der Waals surface area contributed by atoms with Crippen molar-refractivity contribution < 1.29 is 14.6 Å². The zero-order chi connectivity index (χ0) is 18.4. The van der Waals surface area contributed by atoms with Crippen molar-refractivity contribution >= 4 is 6.09 Å². The molecule has 3 atom stereocenters. The minimum absolute atomic E-state index is 0.0388. The van der Waals surface area contributed by atoms with Crippen molar-refractivity contribution in [1.82, 2.24) is 5.32 Å². The molecule has 140 valence electrons. The fourth-order valence-corrected chi connectivity index (χ4v) is 5.62. The van der Waals surface area contributed by atoms with E-state index in [1.165, 1.54) is 28.7 Å². The molecule has 2 saturated carbocycles. The Bertz CT molecular complexity index is 834. The van der Waals surface area contributed by atoms with Gasteiger partial charge >= 0.3 is 6.09 Å². The maximum Gasteiger partial charge on any atom is 0.407 e. The van der Waals surface area contributed by atoms with Gasteiger partial charge in [-0.2, -0.15) is 0 Å². The average Bonchev–Trinajstić information content (AvgIpc) is 3.36. The number of alkyl carbamates (subject to hydrolysis) is 1. The van der Waals surface area contributed by atoms with E-state index >= 15 is 0 Å². The summed E-state index contributed by atoms with van der Waals surface area (Å²) >= 11 is 0. The molecule has 2 aromatic carbocycles. The molecule has 1 amide bonds. The van der Waals surface area contributed by atoms with Crippen LogP contribution in [0.2, 0.25) is 0 Å². The molecule has 4 heteroatoms. The Hall–Kier alpha value is -2.33. The van der Waals surface area contributed by atoms with E-state index in [-0.39, 0.29) is 30.1 Å². The van der Waals surface area contributed by atoms with Gasteiger partial charge in [-0.1, -0.05) is 48.5 Å². The van der Waals surface area contributed by atoms with Gasteiger partial charge in [-0.25, -0.2) is 4.79 Å². The zero-order valence-corrected chi connectivity index (χ0v) is 15.4. The van der Waals surface area contributed by atoms with Crippen molar-refractivity contribution in [3.05, 3.63) is 59.7 Å². The topological polar surface area (TPSA) is 58.6 Å². The minimum atomic E-state index is -0.359. The van der Waals surface area contributed by atoms with E-state index in [2.05, 4.69) is 41.7 Å². The van der Waals surface area contributed by atoms with E-state index in [4.69, 9.17) is 4.74 Å². The number of benzene rings is 2. The molecule has 0 saturated heterocycles. The molecule has 0 aliphatic heterocycles. The van der Waals surface area contributed by atoms with Crippen LogP contribution in [0, 0.1) is 11.3 Å². The van der Waals surface area contributed by atoms with Gasteiger partial charge in [0.2, 0.25) is 0 Å². The molecule has 0 spiro atoms. The highest BCUT2D eigenvalue weighted by Gasteiger charge is 2.52. The Kier molecular flexibility index (Phi) is 3.97. The highest BCUT2D eigenvalue weighted by atomic mass is 16.5. The fourth-order valence-electron chi connectivity index (χ4n) is 5.62. The first-order valence-electron chi connectivity index (χ1n) is 9.92. The fraction of sp³-hybridized carbons (Fsp3) is 0.435. The van der Waals surface area contributed by atoms with Crippen LogP contribution in [0.3, 0.4) is 0 Å². The largest absolute Gasteiger partial charge is 0.449 e. The van der Waals surface area contributed by atoms with E-state index in [0.29, 0.717) is 12.5 Å². The molecular formula is C23H25NO3. The summed E-state index contributed by atoms with van der Waals surface area (Å²) in [6, 6.07) is 16.7. The third kappa shape index (κ3) is 2.66. The first-order chi connectivity index (χ1) is 13.2. The van der Waals surface area contributed by atoms with Crippen molar-refractivity contribution in [3.8, 4) is 11.1 Å². The summed E-state index contributed by atoms with van der Waals surface area (Å²) in [7, 11) is 0. The Morgan fingerprint density at radius 1 is 1.11 bits per heavy atom. The van der Waals surface area contributed by atoms with Gasteiger partial charge in [0.25, 0.3) is 0 Å². The number of aliphatic hydroxyl groups is 1. The lowest BCUT2D eigenvalue weighted by Crippen LogP contribution is -2.47. The maximum atomic E-state index is 12.5. The van der Waals surface area contributed by atoms with Gasteiger partial charge in [-0.15, -0.1) is 0 Å². The van der Waals surface area contributed by atoms with E-state index in [1.54, 1.807) is 0 Å². The van der Waals surface area contributed by atoms with Crippen LogP contribution in [0.15, 0.2) is 48.5 Å². The standard InChI is InChI=1S/C23H25NO3/c25-14-23-10-9-15(12-23)11-21(23)24-22(26)27-13-20-18-7-3-1-5-16(18)17-6-2-4-8-19(17)20/h1-8,15,20-21,25H,9-14H2,(H,24,26)/t15-,21+,23-/m1/s1. The maximum absolute atomic E-state index is 12.5. The van der Waals surface area contributed by atoms with Gasteiger partial charge in [0.15, 0.2) is 0 Å². The molecule has 4 nitrogen and oxygen atoms in total. The van der Waals surface area contributed by atoms with Gasteiger partial charge in [0.1, 0.15) is 6.61 Å². The number of nitrogens with one attached hydrogen (secondary N) is 1. The van der Waals surface area contributed by atoms with Gasteiger partial charge < -0.3 is 15.2 Å². The Morgan fingerprint density at radius 3 is 2.41 bits per heavy atom. The van der Waals surface area contributed by atoms with Crippen LogP contribution in [-0.2, 0) is 4.74 Å². The van der Waals surface area contributed by atoms with Gasteiger partial charge in [-0.05, 0) is 53.9 Å². The summed E-state index contributed by atoms with van der Waals surface area (Å²) in [4.78, 5) is 12.5. The Morgan fingerprint density at radius 2 is 1.78 bits per heavy atom. The van der Waals surface area contributed by atoms with Crippen LogP contribution in [0.1, 0.15) is 42.7 Å². The van der Waals surface area contributed by atoms with Crippen LogP contribution >= 0.6 is 0 Å². The SMILES string of the molecule is O=C(N[C@H]1C[C@H]2CC[C@]1(CO)C2)OCC1c2ccccc2-c2ccccc21. The lowest BCUT2D eigenvalue weighted by Gasteiger charge is -2.33. The predicted octanol–water partition coefficient (Wildman–Crippen LogP) is 4.08. The highest BCUT2D eigenvalue weighted by Crippen LogP contribution is 2.53. The highest BCUT2D eigenvalue weighted by molar-refractivity contribution is 5.79. The van der Waals surface area contributed by atoms with Crippen molar-refractivity contribution in [3.63, 3.8) is 0 Å². The number of fused-ring (bicyclic) bond motifs is 5. The lowest BCUT2D eigenvalue weighted by atomic mass is 9.81. The van der Waals surface area contributed by atoms with Gasteiger partial charge in [-0.3, -0.25) is 0 Å². The molecule has 5 rings (SSSR count). The number of rotatable bonds is 4. The molecule has 2 N–H and O–H groups in total. The quantitative estimate of drug-likeness (QED) is 0.861. The number of carbonyl (C=O) groups is 1. The molecule has 0 unspecified atom stereocenters. The number of hydrogen-bond acceptors (Lipinski definition) is 3. The molecule has 0 aromatic heterocycles. The zero-order valence-electron chi connectivity index (χ0n) is 15.4. The van der Waals surface area contributed by atoms with Crippen LogP contribution < -0.4 is 5.32 Å². The molecule has 2 aromatic rings. The van der Waals surface area contributed by atoms with Crippen molar-refractivity contribution in [1.29, 1.82) is 0 Å². The summed E-state index contributed by atoms with van der Waals surface area (Å²) < 4.78 is 5.67. The first kappa shape index (κ1) is 16.8. The van der Waals surface area contributed by atoms with Crippen LogP contribution in [0.5, 0.6) is 0 Å². The van der Waals surface area contributed by atoms with E-state index < -0.39 is 0 Å². The number of carbonyl (C=O) groups excluding carboxylic acids is 1. The van der Waals surface area contributed by atoms with Crippen LogP contribution in [0.25, 0.3) is 11.1 Å². The second-order valence-electron chi connectivity index (χ2n) is 8.39. The summed E-state index contributed by atoms with van der Waals surface area (Å²) in [5, 5.41) is 12.9. The Balaban J connectivity index is 1.29. The third-order valence-corrected chi connectivity index (χ3v) is 7.00. The van der Waals surface area contributed by atoms with Crippen molar-refractivity contribution in [2.24, 2.45) is 11.3 Å². The lowest BCUT2D eigenvalue weighted by molar-refractivity contribution is 0.0870. The molecule has 2 bridgehead atoms. The molecule has 27 heavy (non-hydrogen) atoms. The molecule has 3 aliphatic carbocycles. The van der Waals surface area contributed by atoms with Gasteiger partial charge in [0.05, 0.1) is 6.61 Å². The summed E-state index contributed by atoms with van der Waals surface area (Å²) in [6.07, 6.45) is 3.80. The third-order valence-electron chi connectivity index (χ3n) is 7.00.